The summed E-state index contributed by atoms with van der Waals surface area (Å²) in [6, 6.07) is 5.43. The molecule has 1 aromatic heterocycles. The molecule has 0 aliphatic carbocycles. The Kier molecular flexibility index (Phi) is 4.06. The normalized spacial score (nSPS) is 10.2. The van der Waals surface area contributed by atoms with Gasteiger partial charge < -0.3 is 20.9 Å². The second-order valence-corrected chi connectivity index (χ2v) is 4.58. The van der Waals surface area contributed by atoms with Crippen LogP contribution >= 0.6 is 15.9 Å². The summed E-state index contributed by atoms with van der Waals surface area (Å²) in [6.07, 6.45) is 1.55. The van der Waals surface area contributed by atoms with Gasteiger partial charge in [-0.3, -0.25) is 0 Å². The van der Waals surface area contributed by atoms with Crippen LogP contribution in [0.4, 0.5) is 11.8 Å². The molecule has 4 N–H and O–H groups in total. The highest BCUT2D eigenvalue weighted by Gasteiger charge is 2.06. The third-order valence-corrected chi connectivity index (χ3v) is 3.06. The summed E-state index contributed by atoms with van der Waals surface area (Å²) >= 11 is 3.40. The quantitative estimate of drug-likeness (QED) is 0.892. The number of anilines is 2. The number of methoxy groups -OCH3 is 1. The van der Waals surface area contributed by atoms with Crippen molar-refractivity contribution in [1.29, 1.82) is 0 Å². The van der Waals surface area contributed by atoms with Crippen molar-refractivity contribution in [3.05, 3.63) is 34.4 Å². The Labute approximate surface area is 118 Å². The Morgan fingerprint density at radius 3 is 2.74 bits per heavy atom. The molecule has 6 nitrogen and oxygen atoms in total. The van der Waals surface area contributed by atoms with Crippen LogP contribution in [0.1, 0.15) is 5.56 Å². The summed E-state index contributed by atoms with van der Waals surface area (Å²) in [5.74, 6) is 1.88. The number of ether oxygens (including phenoxy) is 2. The minimum Gasteiger partial charge on any atom is -0.497 e. The Morgan fingerprint density at radius 1 is 1.32 bits per heavy atom. The molecule has 19 heavy (non-hydrogen) atoms. The van der Waals surface area contributed by atoms with Gasteiger partial charge in [-0.1, -0.05) is 0 Å². The van der Waals surface area contributed by atoms with Gasteiger partial charge in [0.1, 0.15) is 23.9 Å². The third kappa shape index (κ3) is 3.25. The number of benzene rings is 1. The van der Waals surface area contributed by atoms with Gasteiger partial charge in [0, 0.05) is 6.20 Å². The molecule has 2 aromatic rings. The molecule has 0 aliphatic rings. The number of rotatable bonds is 4. The van der Waals surface area contributed by atoms with Crippen molar-refractivity contribution >= 4 is 27.7 Å². The summed E-state index contributed by atoms with van der Waals surface area (Å²) in [6.45, 7) is 0.261. The van der Waals surface area contributed by atoms with E-state index >= 15 is 0 Å². The second kappa shape index (κ2) is 5.75. The third-order valence-electron chi connectivity index (χ3n) is 2.44. The molecule has 0 amide bonds. The number of aromatic nitrogens is 2. The zero-order valence-corrected chi connectivity index (χ0v) is 11.8. The first-order valence-corrected chi connectivity index (χ1v) is 6.22. The molecular formula is C12H13BrN4O2. The van der Waals surface area contributed by atoms with E-state index in [1.165, 1.54) is 0 Å². The first kappa shape index (κ1) is 13.4. The molecule has 1 heterocycles. The number of hydrogen-bond acceptors (Lipinski definition) is 6. The van der Waals surface area contributed by atoms with Crippen LogP contribution in [-0.2, 0) is 6.61 Å². The van der Waals surface area contributed by atoms with E-state index in [0.717, 1.165) is 10.2 Å². The molecule has 0 atom stereocenters. The molecule has 1 aromatic carbocycles. The first-order chi connectivity index (χ1) is 9.10. The fraction of sp³-hybridized carbons (Fsp3) is 0.167. The van der Waals surface area contributed by atoms with Gasteiger partial charge in [0.15, 0.2) is 0 Å². The van der Waals surface area contributed by atoms with Crippen LogP contribution in [0.3, 0.4) is 0 Å². The fourth-order valence-electron chi connectivity index (χ4n) is 1.43. The largest absolute Gasteiger partial charge is 0.497 e. The molecule has 0 spiro atoms. The average molecular weight is 325 g/mol. The van der Waals surface area contributed by atoms with Crippen LogP contribution in [0.15, 0.2) is 28.9 Å². The number of halogens is 1. The number of nitrogens with two attached hydrogens (primary N) is 2. The summed E-state index contributed by atoms with van der Waals surface area (Å²) in [4.78, 5) is 7.75. The smallest absolute Gasteiger partial charge is 0.221 e. The molecule has 0 saturated heterocycles. The van der Waals surface area contributed by atoms with Crippen LogP contribution in [0.2, 0.25) is 0 Å². The van der Waals surface area contributed by atoms with E-state index in [2.05, 4.69) is 25.9 Å². The van der Waals surface area contributed by atoms with Crippen molar-refractivity contribution in [3.8, 4) is 11.5 Å². The van der Waals surface area contributed by atoms with Gasteiger partial charge in [0.25, 0.3) is 0 Å². The maximum atomic E-state index is 5.73. The molecule has 2 rings (SSSR count). The summed E-state index contributed by atoms with van der Waals surface area (Å²) in [7, 11) is 1.61. The minimum absolute atomic E-state index is 0.145. The lowest BCUT2D eigenvalue weighted by atomic mass is 10.3. The van der Waals surface area contributed by atoms with E-state index in [4.69, 9.17) is 20.9 Å². The predicted octanol–water partition coefficient (Wildman–Crippen LogP) is 1.99. The van der Waals surface area contributed by atoms with E-state index < -0.39 is 0 Å². The summed E-state index contributed by atoms with van der Waals surface area (Å²) < 4.78 is 11.5. The van der Waals surface area contributed by atoms with Gasteiger partial charge in [0.2, 0.25) is 5.95 Å². The van der Waals surface area contributed by atoms with Gasteiger partial charge in [-0.15, -0.1) is 0 Å². The number of nitrogens with zero attached hydrogens (tertiary/aromatic N) is 2. The molecule has 0 radical (unpaired) electrons. The van der Waals surface area contributed by atoms with E-state index in [-0.39, 0.29) is 12.6 Å². The second-order valence-electron chi connectivity index (χ2n) is 3.72. The van der Waals surface area contributed by atoms with Crippen molar-refractivity contribution in [3.63, 3.8) is 0 Å². The Bertz CT molecular complexity index is 592. The predicted molar refractivity (Wildman–Crippen MR) is 75.9 cm³/mol. The maximum absolute atomic E-state index is 5.73. The summed E-state index contributed by atoms with van der Waals surface area (Å²) in [5.41, 5.74) is 11.8. The van der Waals surface area contributed by atoms with Crippen LogP contribution in [0.25, 0.3) is 0 Å². The van der Waals surface area contributed by atoms with Crippen molar-refractivity contribution in [2.75, 3.05) is 18.6 Å². The average Bonchev–Trinajstić information content (AvgIpc) is 2.39. The number of hydrogen-bond donors (Lipinski definition) is 2. The van der Waals surface area contributed by atoms with Gasteiger partial charge in [0.05, 0.1) is 17.1 Å². The SMILES string of the molecule is COc1ccc(OCc2cnc(N)nc2N)c(Br)c1. The highest BCUT2D eigenvalue weighted by Crippen LogP contribution is 2.29. The molecule has 100 valence electrons. The van der Waals surface area contributed by atoms with Crippen molar-refractivity contribution in [2.24, 2.45) is 0 Å². The van der Waals surface area contributed by atoms with Crippen molar-refractivity contribution in [2.45, 2.75) is 6.61 Å². The van der Waals surface area contributed by atoms with Gasteiger partial charge in [-0.2, -0.15) is 4.98 Å². The van der Waals surface area contributed by atoms with Gasteiger partial charge in [-0.25, -0.2) is 4.98 Å². The van der Waals surface area contributed by atoms with Gasteiger partial charge in [-0.05, 0) is 34.1 Å². The Hall–Kier alpha value is -2.02. The molecule has 0 saturated carbocycles. The maximum Gasteiger partial charge on any atom is 0.221 e. The van der Waals surface area contributed by atoms with Gasteiger partial charge >= 0.3 is 0 Å². The molecule has 0 fully saturated rings. The lowest BCUT2D eigenvalue weighted by molar-refractivity contribution is 0.303. The molecule has 0 unspecified atom stereocenters. The van der Waals surface area contributed by atoms with E-state index in [9.17, 15) is 0 Å². The van der Waals surface area contributed by atoms with Crippen LogP contribution < -0.4 is 20.9 Å². The first-order valence-electron chi connectivity index (χ1n) is 5.43. The van der Waals surface area contributed by atoms with Crippen LogP contribution in [0.5, 0.6) is 11.5 Å². The van der Waals surface area contributed by atoms with E-state index in [1.807, 2.05) is 12.1 Å². The summed E-state index contributed by atoms with van der Waals surface area (Å²) in [5, 5.41) is 0. The fourth-order valence-corrected chi connectivity index (χ4v) is 1.90. The molecule has 0 bridgehead atoms. The zero-order chi connectivity index (χ0) is 13.8. The lowest BCUT2D eigenvalue weighted by Crippen LogP contribution is -2.06. The lowest BCUT2D eigenvalue weighted by Gasteiger charge is -2.10. The van der Waals surface area contributed by atoms with E-state index in [1.54, 1.807) is 19.4 Å². The number of nitrogen functional groups attached to an aromatic ring is 2. The highest BCUT2D eigenvalue weighted by molar-refractivity contribution is 9.10. The standard InChI is InChI=1S/C12H13BrN4O2/c1-18-8-2-3-10(9(13)4-8)19-6-7-5-16-12(15)17-11(7)14/h2-5H,6H2,1H3,(H4,14,15,16,17). The van der Waals surface area contributed by atoms with Crippen LogP contribution in [-0.4, -0.2) is 17.1 Å². The van der Waals surface area contributed by atoms with Crippen molar-refractivity contribution < 1.29 is 9.47 Å². The highest BCUT2D eigenvalue weighted by atomic mass is 79.9. The minimum atomic E-state index is 0.145. The zero-order valence-electron chi connectivity index (χ0n) is 10.3. The van der Waals surface area contributed by atoms with Crippen LogP contribution in [0, 0.1) is 0 Å². The monoisotopic (exact) mass is 324 g/mol. The van der Waals surface area contributed by atoms with Crippen molar-refractivity contribution in [1.82, 2.24) is 9.97 Å². The molecule has 7 heteroatoms. The molecular weight excluding hydrogens is 312 g/mol. The Morgan fingerprint density at radius 2 is 2.11 bits per heavy atom. The molecule has 0 aliphatic heterocycles. The van der Waals surface area contributed by atoms with E-state index in [0.29, 0.717) is 17.1 Å². The Balaban J connectivity index is 2.10. The topological polar surface area (TPSA) is 96.3 Å².